The zero-order valence-electron chi connectivity index (χ0n) is 10.3. The number of hydrogen-bond donors (Lipinski definition) is 1. The zero-order chi connectivity index (χ0) is 13.6. The summed E-state index contributed by atoms with van der Waals surface area (Å²) in [5.41, 5.74) is 0. The Morgan fingerprint density at radius 2 is 2.00 bits per heavy atom. The van der Waals surface area contributed by atoms with Crippen LogP contribution in [0.2, 0.25) is 0 Å². The molecule has 0 radical (unpaired) electrons. The normalized spacial score (nSPS) is 12.1. The van der Waals surface area contributed by atoms with E-state index >= 15 is 0 Å². The highest BCUT2D eigenvalue weighted by Gasteiger charge is 2.35. The van der Waals surface area contributed by atoms with Crippen molar-refractivity contribution in [3.05, 3.63) is 5.01 Å². The minimum Gasteiger partial charge on any atom is -0.379 e. The number of ether oxygens (including phenoxy) is 1. The molecule has 1 rings (SSSR count). The average Bonchev–Trinajstić information content (AvgIpc) is 2.71. The second kappa shape index (κ2) is 6.89. The minimum absolute atomic E-state index is 0.201. The number of halogens is 3. The van der Waals surface area contributed by atoms with Gasteiger partial charge in [-0.15, -0.1) is 10.2 Å². The van der Waals surface area contributed by atoms with Gasteiger partial charge in [-0.1, -0.05) is 11.3 Å². The summed E-state index contributed by atoms with van der Waals surface area (Å²) in [4.78, 5) is 0. The van der Waals surface area contributed by atoms with Crippen LogP contribution in [0.1, 0.15) is 31.7 Å². The molecule has 1 aromatic heterocycles. The van der Waals surface area contributed by atoms with E-state index in [1.807, 2.05) is 13.8 Å². The molecule has 0 saturated carbocycles. The van der Waals surface area contributed by atoms with E-state index < -0.39 is 11.2 Å². The molecule has 0 aliphatic heterocycles. The van der Waals surface area contributed by atoms with E-state index in [4.69, 9.17) is 4.74 Å². The van der Waals surface area contributed by atoms with Crippen LogP contribution >= 0.6 is 11.3 Å². The van der Waals surface area contributed by atoms with Crippen LogP contribution in [-0.4, -0.2) is 29.5 Å². The van der Waals surface area contributed by atoms with Crippen molar-refractivity contribution in [1.29, 1.82) is 0 Å². The number of anilines is 1. The standard InChI is InChI=1S/C10H16F3N3OS/c1-7(2)17-6-4-3-5-14-9-16-15-8(18-9)10(11,12)13/h7H,3-6H2,1-2H3,(H,14,16). The van der Waals surface area contributed by atoms with Gasteiger partial charge in [-0.05, 0) is 26.7 Å². The number of alkyl halides is 3. The Bertz CT molecular complexity index is 354. The highest BCUT2D eigenvalue weighted by atomic mass is 32.1. The molecule has 0 aromatic carbocycles. The van der Waals surface area contributed by atoms with Crippen molar-refractivity contribution in [2.24, 2.45) is 0 Å². The zero-order valence-corrected chi connectivity index (χ0v) is 11.1. The summed E-state index contributed by atoms with van der Waals surface area (Å²) in [5.74, 6) is 0. The fourth-order valence-corrected chi connectivity index (χ4v) is 1.79. The third-order valence-electron chi connectivity index (χ3n) is 1.97. The Labute approximate surface area is 108 Å². The van der Waals surface area contributed by atoms with Crippen LogP contribution in [0.3, 0.4) is 0 Å². The second-order valence-corrected chi connectivity index (χ2v) is 4.94. The molecule has 1 N–H and O–H groups in total. The lowest BCUT2D eigenvalue weighted by Gasteiger charge is -2.06. The Kier molecular flexibility index (Phi) is 5.80. The summed E-state index contributed by atoms with van der Waals surface area (Å²) in [5, 5.41) is 8.61. The first-order valence-electron chi connectivity index (χ1n) is 5.66. The molecular formula is C10H16F3N3OS. The van der Waals surface area contributed by atoms with E-state index in [1.165, 1.54) is 0 Å². The van der Waals surface area contributed by atoms with Gasteiger partial charge < -0.3 is 10.1 Å². The van der Waals surface area contributed by atoms with E-state index in [0.717, 1.165) is 12.8 Å². The highest BCUT2D eigenvalue weighted by Crippen LogP contribution is 2.32. The number of aromatic nitrogens is 2. The third-order valence-corrected chi connectivity index (χ3v) is 2.89. The maximum atomic E-state index is 12.2. The van der Waals surface area contributed by atoms with Gasteiger partial charge in [0, 0.05) is 13.2 Å². The van der Waals surface area contributed by atoms with Crippen molar-refractivity contribution in [1.82, 2.24) is 10.2 Å². The van der Waals surface area contributed by atoms with Crippen molar-refractivity contribution in [2.75, 3.05) is 18.5 Å². The Hall–Kier alpha value is -0.890. The summed E-state index contributed by atoms with van der Waals surface area (Å²) in [6, 6.07) is 0. The third kappa shape index (κ3) is 5.63. The summed E-state index contributed by atoms with van der Waals surface area (Å²) in [6.07, 6.45) is -2.54. The molecule has 0 fully saturated rings. The van der Waals surface area contributed by atoms with E-state index in [1.54, 1.807) is 0 Å². The number of unbranched alkanes of at least 4 members (excludes halogenated alkanes) is 1. The summed E-state index contributed by atoms with van der Waals surface area (Å²) in [6.45, 7) is 5.13. The fraction of sp³-hybridized carbons (Fsp3) is 0.800. The van der Waals surface area contributed by atoms with E-state index in [2.05, 4.69) is 15.5 Å². The van der Waals surface area contributed by atoms with Gasteiger partial charge in [-0.2, -0.15) is 13.2 Å². The maximum Gasteiger partial charge on any atom is 0.445 e. The minimum atomic E-state index is -4.41. The number of nitrogens with one attached hydrogen (secondary N) is 1. The molecule has 0 atom stereocenters. The van der Waals surface area contributed by atoms with Crippen molar-refractivity contribution in [3.8, 4) is 0 Å². The fourth-order valence-electron chi connectivity index (χ4n) is 1.15. The Morgan fingerprint density at radius 1 is 1.28 bits per heavy atom. The van der Waals surface area contributed by atoms with Crippen molar-refractivity contribution in [3.63, 3.8) is 0 Å². The summed E-state index contributed by atoms with van der Waals surface area (Å²) in [7, 11) is 0. The Morgan fingerprint density at radius 3 is 2.56 bits per heavy atom. The lowest BCUT2D eigenvalue weighted by molar-refractivity contribution is -0.138. The molecule has 0 aliphatic carbocycles. The molecule has 8 heteroatoms. The highest BCUT2D eigenvalue weighted by molar-refractivity contribution is 7.15. The molecule has 4 nitrogen and oxygen atoms in total. The molecule has 0 saturated heterocycles. The van der Waals surface area contributed by atoms with Crippen molar-refractivity contribution >= 4 is 16.5 Å². The SMILES string of the molecule is CC(C)OCCCCNc1nnc(C(F)(F)F)s1. The number of nitrogens with zero attached hydrogens (tertiary/aromatic N) is 2. The monoisotopic (exact) mass is 283 g/mol. The van der Waals surface area contributed by atoms with Gasteiger partial charge in [0.1, 0.15) is 0 Å². The molecule has 1 aromatic rings. The van der Waals surface area contributed by atoms with Crippen LogP contribution in [0.15, 0.2) is 0 Å². The maximum absolute atomic E-state index is 12.2. The van der Waals surface area contributed by atoms with Gasteiger partial charge in [0.2, 0.25) is 10.1 Å². The largest absolute Gasteiger partial charge is 0.445 e. The first kappa shape index (κ1) is 15.2. The molecular weight excluding hydrogens is 267 g/mol. The first-order chi connectivity index (χ1) is 8.39. The van der Waals surface area contributed by atoms with Crippen LogP contribution in [-0.2, 0) is 10.9 Å². The van der Waals surface area contributed by atoms with Crippen molar-refractivity contribution < 1.29 is 17.9 Å². The quantitative estimate of drug-likeness (QED) is 0.781. The van der Waals surface area contributed by atoms with Crippen LogP contribution in [0, 0.1) is 0 Å². The van der Waals surface area contributed by atoms with Gasteiger partial charge in [0.05, 0.1) is 6.10 Å². The van der Waals surface area contributed by atoms with Crippen LogP contribution < -0.4 is 5.32 Å². The predicted octanol–water partition coefficient (Wildman–Crippen LogP) is 3.17. The van der Waals surface area contributed by atoms with Crippen LogP contribution in [0.4, 0.5) is 18.3 Å². The molecule has 0 bridgehead atoms. The lowest BCUT2D eigenvalue weighted by Crippen LogP contribution is -2.06. The van der Waals surface area contributed by atoms with E-state index in [-0.39, 0.29) is 11.2 Å². The Balaban J connectivity index is 2.18. The molecule has 0 amide bonds. The first-order valence-corrected chi connectivity index (χ1v) is 6.47. The van der Waals surface area contributed by atoms with Gasteiger partial charge in [0.25, 0.3) is 0 Å². The molecule has 0 aliphatic rings. The van der Waals surface area contributed by atoms with Crippen LogP contribution in [0.5, 0.6) is 0 Å². The number of hydrogen-bond acceptors (Lipinski definition) is 5. The average molecular weight is 283 g/mol. The van der Waals surface area contributed by atoms with Gasteiger partial charge in [-0.25, -0.2) is 0 Å². The van der Waals surface area contributed by atoms with Gasteiger partial charge in [0.15, 0.2) is 0 Å². The van der Waals surface area contributed by atoms with Crippen molar-refractivity contribution in [2.45, 2.75) is 39.0 Å². The van der Waals surface area contributed by atoms with Gasteiger partial charge >= 0.3 is 6.18 Å². The molecule has 18 heavy (non-hydrogen) atoms. The lowest BCUT2D eigenvalue weighted by atomic mass is 10.3. The van der Waals surface area contributed by atoms with Crippen LogP contribution in [0.25, 0.3) is 0 Å². The summed E-state index contributed by atoms with van der Waals surface area (Å²) < 4.78 is 42.0. The number of rotatable bonds is 7. The van der Waals surface area contributed by atoms with Gasteiger partial charge in [-0.3, -0.25) is 0 Å². The second-order valence-electron chi connectivity index (χ2n) is 3.96. The predicted molar refractivity (Wildman–Crippen MR) is 63.7 cm³/mol. The summed E-state index contributed by atoms with van der Waals surface area (Å²) >= 11 is 0.519. The molecule has 0 unspecified atom stereocenters. The molecule has 104 valence electrons. The molecule has 1 heterocycles. The van der Waals surface area contributed by atoms with E-state index in [0.29, 0.717) is 24.5 Å². The topological polar surface area (TPSA) is 47.0 Å². The smallest absolute Gasteiger partial charge is 0.379 e. The van der Waals surface area contributed by atoms with E-state index in [9.17, 15) is 13.2 Å². The molecule has 0 spiro atoms.